The SMILES string of the molecule is CCOCCOCCOC(=O)COc1ccc(C2=c3cc4c(cc3OC2=O)=C(c2ccccc2)C(=O)O4)cc1. The van der Waals surface area contributed by atoms with Crippen LogP contribution in [-0.4, -0.2) is 57.5 Å². The van der Waals surface area contributed by atoms with Gasteiger partial charge in [0.05, 0.1) is 31.0 Å². The maximum atomic E-state index is 12.8. The molecule has 3 aromatic rings. The molecule has 39 heavy (non-hydrogen) atoms. The van der Waals surface area contributed by atoms with Crippen molar-refractivity contribution in [2.24, 2.45) is 0 Å². The molecule has 2 heterocycles. The molecule has 0 aromatic heterocycles. The molecule has 0 saturated carbocycles. The summed E-state index contributed by atoms with van der Waals surface area (Å²) in [5, 5.41) is 1.10. The van der Waals surface area contributed by atoms with E-state index in [1.54, 1.807) is 36.4 Å². The number of carbonyl (C=O) groups is 3. The zero-order valence-electron chi connectivity index (χ0n) is 21.3. The molecule has 0 atom stereocenters. The Hall–Kier alpha value is -4.47. The van der Waals surface area contributed by atoms with E-state index in [0.29, 0.717) is 64.2 Å². The standard InChI is InChI=1S/C30H26O9/c1-2-34-12-13-35-14-15-36-26(31)18-37-21-10-8-20(9-11-21)28-23-17-24-22(16-25(23)39-30(28)33)27(29(32)38-24)19-6-4-3-5-7-19/h3-11,16-17H,2,12-15,18H2,1H3. The molecular formula is C30H26O9. The van der Waals surface area contributed by atoms with E-state index in [1.165, 1.54) is 0 Å². The summed E-state index contributed by atoms with van der Waals surface area (Å²) in [5.41, 5.74) is 2.08. The number of fused-ring (bicyclic) bond motifs is 2. The first-order chi connectivity index (χ1) is 19.0. The third kappa shape index (κ3) is 5.84. The van der Waals surface area contributed by atoms with Crippen LogP contribution in [0.1, 0.15) is 18.1 Å². The van der Waals surface area contributed by atoms with Crippen LogP contribution in [-0.2, 0) is 28.6 Å². The minimum atomic E-state index is -0.523. The molecule has 0 spiro atoms. The van der Waals surface area contributed by atoms with Gasteiger partial charge >= 0.3 is 17.9 Å². The van der Waals surface area contributed by atoms with E-state index in [9.17, 15) is 14.4 Å². The van der Waals surface area contributed by atoms with Crippen molar-refractivity contribution in [3.8, 4) is 17.2 Å². The predicted octanol–water partition coefficient (Wildman–Crippen LogP) is 1.90. The third-order valence-electron chi connectivity index (χ3n) is 6.06. The van der Waals surface area contributed by atoms with E-state index in [2.05, 4.69) is 0 Å². The molecule has 0 fully saturated rings. The van der Waals surface area contributed by atoms with Gasteiger partial charge in [-0.2, -0.15) is 0 Å². The molecule has 2 aliphatic heterocycles. The molecule has 200 valence electrons. The molecule has 5 rings (SSSR count). The number of ether oxygens (including phenoxy) is 6. The minimum Gasteiger partial charge on any atom is -0.482 e. The predicted molar refractivity (Wildman–Crippen MR) is 139 cm³/mol. The lowest BCUT2D eigenvalue weighted by Gasteiger charge is -2.08. The monoisotopic (exact) mass is 530 g/mol. The topological polar surface area (TPSA) is 107 Å². The number of benzene rings is 3. The molecule has 0 amide bonds. The first kappa shape index (κ1) is 26.1. The zero-order valence-corrected chi connectivity index (χ0v) is 21.3. The Balaban J connectivity index is 1.27. The second-order valence-electron chi connectivity index (χ2n) is 8.58. The van der Waals surface area contributed by atoms with Crippen LogP contribution in [0, 0.1) is 0 Å². The van der Waals surface area contributed by atoms with Crippen molar-refractivity contribution in [2.75, 3.05) is 39.6 Å². The van der Waals surface area contributed by atoms with Crippen molar-refractivity contribution < 1.29 is 42.8 Å². The molecule has 9 heteroatoms. The fourth-order valence-corrected chi connectivity index (χ4v) is 4.27. The van der Waals surface area contributed by atoms with Crippen molar-refractivity contribution in [3.05, 3.63) is 88.3 Å². The lowest BCUT2D eigenvalue weighted by atomic mass is 10.0. The van der Waals surface area contributed by atoms with E-state index >= 15 is 0 Å². The van der Waals surface area contributed by atoms with E-state index in [0.717, 1.165) is 5.56 Å². The highest BCUT2D eigenvalue weighted by Gasteiger charge is 2.30. The van der Waals surface area contributed by atoms with Crippen LogP contribution in [0.2, 0.25) is 0 Å². The van der Waals surface area contributed by atoms with Gasteiger partial charge in [0.25, 0.3) is 0 Å². The van der Waals surface area contributed by atoms with E-state index in [1.807, 2.05) is 37.3 Å². The summed E-state index contributed by atoms with van der Waals surface area (Å²) in [6.45, 7) is 3.59. The molecular weight excluding hydrogens is 504 g/mol. The van der Waals surface area contributed by atoms with Gasteiger partial charge in [-0.25, -0.2) is 14.4 Å². The van der Waals surface area contributed by atoms with Gasteiger partial charge in [-0.05, 0) is 42.3 Å². The second kappa shape index (κ2) is 11.9. The Morgan fingerprint density at radius 1 is 0.718 bits per heavy atom. The Labute approximate surface area is 224 Å². The Bertz CT molecular complexity index is 1510. The normalized spacial score (nSPS) is 13.6. The Kier molecular flexibility index (Phi) is 8.00. The zero-order chi connectivity index (χ0) is 27.2. The smallest absolute Gasteiger partial charge is 0.344 e. The van der Waals surface area contributed by atoms with Crippen LogP contribution >= 0.6 is 0 Å². The summed E-state index contributed by atoms with van der Waals surface area (Å²) in [5.74, 6) is -0.341. The quantitative estimate of drug-likeness (QED) is 0.197. The number of esters is 3. The molecule has 0 N–H and O–H groups in total. The number of carbonyl (C=O) groups excluding carboxylic acids is 3. The Morgan fingerprint density at radius 3 is 1.90 bits per heavy atom. The second-order valence-corrected chi connectivity index (χ2v) is 8.58. The van der Waals surface area contributed by atoms with Crippen molar-refractivity contribution in [1.82, 2.24) is 0 Å². The fourth-order valence-electron chi connectivity index (χ4n) is 4.27. The van der Waals surface area contributed by atoms with Crippen molar-refractivity contribution in [3.63, 3.8) is 0 Å². The lowest BCUT2D eigenvalue weighted by Crippen LogP contribution is -2.18. The number of hydrogen-bond acceptors (Lipinski definition) is 9. The maximum Gasteiger partial charge on any atom is 0.344 e. The average molecular weight is 531 g/mol. The van der Waals surface area contributed by atoms with Gasteiger partial charge in [-0.3, -0.25) is 0 Å². The molecule has 2 aliphatic rings. The van der Waals surface area contributed by atoms with Crippen LogP contribution in [0.25, 0.3) is 11.1 Å². The number of hydrogen-bond donors (Lipinski definition) is 0. The molecule has 0 bridgehead atoms. The van der Waals surface area contributed by atoms with E-state index in [-0.39, 0.29) is 19.8 Å². The summed E-state index contributed by atoms with van der Waals surface area (Å²) in [4.78, 5) is 37.3. The van der Waals surface area contributed by atoms with Crippen LogP contribution in [0.5, 0.6) is 17.2 Å². The summed E-state index contributed by atoms with van der Waals surface area (Å²) >= 11 is 0. The van der Waals surface area contributed by atoms with Gasteiger partial charge in [0.2, 0.25) is 0 Å². The molecule has 0 aliphatic carbocycles. The highest BCUT2D eigenvalue weighted by Crippen LogP contribution is 2.27. The number of rotatable bonds is 12. The van der Waals surface area contributed by atoms with Crippen LogP contribution < -0.4 is 24.6 Å². The minimum absolute atomic E-state index is 0.122. The summed E-state index contributed by atoms with van der Waals surface area (Å²) in [6.07, 6.45) is 0. The molecule has 0 unspecified atom stereocenters. The summed E-state index contributed by atoms with van der Waals surface area (Å²) in [7, 11) is 0. The van der Waals surface area contributed by atoms with Gasteiger partial charge in [0, 0.05) is 17.0 Å². The Morgan fingerprint density at radius 2 is 1.28 bits per heavy atom. The van der Waals surface area contributed by atoms with Gasteiger partial charge in [0.1, 0.15) is 23.9 Å². The average Bonchev–Trinajstić information content (AvgIpc) is 3.44. The first-order valence-electron chi connectivity index (χ1n) is 12.5. The van der Waals surface area contributed by atoms with Gasteiger partial charge < -0.3 is 28.4 Å². The van der Waals surface area contributed by atoms with Crippen LogP contribution in [0.15, 0.2) is 66.7 Å². The van der Waals surface area contributed by atoms with E-state index < -0.39 is 17.9 Å². The van der Waals surface area contributed by atoms with Crippen molar-refractivity contribution in [2.45, 2.75) is 6.92 Å². The van der Waals surface area contributed by atoms with E-state index in [4.69, 9.17) is 28.4 Å². The molecule has 0 radical (unpaired) electrons. The molecule has 9 nitrogen and oxygen atoms in total. The maximum absolute atomic E-state index is 12.8. The van der Waals surface area contributed by atoms with Crippen LogP contribution in [0.3, 0.4) is 0 Å². The van der Waals surface area contributed by atoms with Gasteiger partial charge in [0.15, 0.2) is 6.61 Å². The first-order valence-corrected chi connectivity index (χ1v) is 12.5. The lowest BCUT2D eigenvalue weighted by molar-refractivity contribution is -0.147. The largest absolute Gasteiger partial charge is 0.482 e. The third-order valence-corrected chi connectivity index (χ3v) is 6.06. The fraction of sp³-hybridized carbons (Fsp3) is 0.233. The van der Waals surface area contributed by atoms with Crippen molar-refractivity contribution >= 4 is 29.1 Å². The summed E-state index contributed by atoms with van der Waals surface area (Å²) < 4.78 is 32.1. The highest BCUT2D eigenvalue weighted by atomic mass is 16.6. The van der Waals surface area contributed by atoms with Gasteiger partial charge in [-0.15, -0.1) is 0 Å². The molecule has 3 aromatic carbocycles. The van der Waals surface area contributed by atoms with Crippen LogP contribution in [0.4, 0.5) is 0 Å². The molecule has 0 saturated heterocycles. The summed E-state index contributed by atoms with van der Waals surface area (Å²) in [6, 6.07) is 19.2. The van der Waals surface area contributed by atoms with Gasteiger partial charge in [-0.1, -0.05) is 42.5 Å². The highest BCUT2D eigenvalue weighted by molar-refractivity contribution is 6.21. The van der Waals surface area contributed by atoms with Crippen molar-refractivity contribution in [1.29, 1.82) is 0 Å².